The van der Waals surface area contributed by atoms with Crippen molar-refractivity contribution in [3.8, 4) is 0 Å². The molecule has 2 unspecified atom stereocenters. The summed E-state index contributed by atoms with van der Waals surface area (Å²) in [5.74, 6) is 0. The Balaban J connectivity index is 1.65. The maximum Gasteiger partial charge on any atom is 0.410 e. The molecule has 0 saturated carbocycles. The van der Waals surface area contributed by atoms with Crippen molar-refractivity contribution in [2.24, 2.45) is 0 Å². The first-order valence-corrected chi connectivity index (χ1v) is 8.30. The maximum absolute atomic E-state index is 12.2. The molecule has 0 spiro atoms. The van der Waals surface area contributed by atoms with Gasteiger partial charge in [0.1, 0.15) is 5.60 Å². The van der Waals surface area contributed by atoms with E-state index in [1.54, 1.807) is 4.90 Å². The number of carbonyl (C=O) groups is 1. The van der Waals surface area contributed by atoms with Crippen LogP contribution in [-0.2, 0) is 17.7 Å². The van der Waals surface area contributed by atoms with Crippen LogP contribution in [0.1, 0.15) is 31.9 Å². The summed E-state index contributed by atoms with van der Waals surface area (Å²) in [7, 11) is 0. The van der Waals surface area contributed by atoms with E-state index in [9.17, 15) is 9.90 Å². The molecule has 3 rings (SSSR count). The fourth-order valence-corrected chi connectivity index (χ4v) is 3.40. The first kappa shape index (κ1) is 16.3. The molecule has 0 radical (unpaired) electrons. The molecule has 5 nitrogen and oxygen atoms in total. The average molecular weight is 318 g/mol. The Morgan fingerprint density at radius 2 is 1.91 bits per heavy atom. The Labute approximate surface area is 137 Å². The summed E-state index contributed by atoms with van der Waals surface area (Å²) in [6.45, 7) is 8.19. The van der Waals surface area contributed by atoms with Crippen molar-refractivity contribution in [1.29, 1.82) is 0 Å². The Morgan fingerprint density at radius 3 is 2.61 bits per heavy atom. The van der Waals surface area contributed by atoms with Gasteiger partial charge in [-0.3, -0.25) is 4.90 Å². The van der Waals surface area contributed by atoms with E-state index in [2.05, 4.69) is 29.2 Å². The van der Waals surface area contributed by atoms with Crippen molar-refractivity contribution in [3.05, 3.63) is 35.4 Å². The van der Waals surface area contributed by atoms with Crippen LogP contribution in [0, 0.1) is 0 Å². The molecule has 0 bridgehead atoms. The minimum Gasteiger partial charge on any atom is -0.444 e. The third-order valence-corrected chi connectivity index (χ3v) is 4.54. The lowest BCUT2D eigenvalue weighted by Gasteiger charge is -2.34. The van der Waals surface area contributed by atoms with Gasteiger partial charge in [-0.15, -0.1) is 0 Å². The van der Waals surface area contributed by atoms with E-state index >= 15 is 0 Å². The van der Waals surface area contributed by atoms with E-state index in [0.717, 1.165) is 19.5 Å². The number of ether oxygens (including phenoxy) is 1. The normalized spacial score (nSPS) is 25.3. The number of rotatable bonds is 1. The smallest absolute Gasteiger partial charge is 0.410 e. The monoisotopic (exact) mass is 318 g/mol. The number of carbonyl (C=O) groups excluding carboxylic acids is 1. The number of benzene rings is 1. The molecule has 0 aromatic heterocycles. The third kappa shape index (κ3) is 3.67. The summed E-state index contributed by atoms with van der Waals surface area (Å²) in [5.41, 5.74) is 2.20. The summed E-state index contributed by atoms with van der Waals surface area (Å²) in [5, 5.41) is 10.4. The average Bonchev–Trinajstić information content (AvgIpc) is 2.87. The van der Waals surface area contributed by atoms with Crippen LogP contribution < -0.4 is 0 Å². The van der Waals surface area contributed by atoms with Crippen molar-refractivity contribution in [2.45, 2.75) is 51.5 Å². The molecule has 0 aliphatic carbocycles. The number of β-amino-alcohol motifs (C(OH)–C–C–N with tert-alkyl or cyclic N) is 1. The second kappa shape index (κ2) is 6.13. The second-order valence-corrected chi connectivity index (χ2v) is 7.51. The predicted octanol–water partition coefficient (Wildman–Crippen LogP) is 2.02. The number of fused-ring (bicyclic) bond motifs is 1. The fraction of sp³-hybridized carbons (Fsp3) is 0.611. The van der Waals surface area contributed by atoms with Crippen LogP contribution in [0.2, 0.25) is 0 Å². The van der Waals surface area contributed by atoms with Crippen LogP contribution in [0.25, 0.3) is 0 Å². The lowest BCUT2D eigenvalue weighted by molar-refractivity contribution is 0.0269. The Bertz CT molecular complexity index is 582. The second-order valence-electron chi connectivity index (χ2n) is 7.51. The van der Waals surface area contributed by atoms with Gasteiger partial charge in [0.15, 0.2) is 0 Å². The van der Waals surface area contributed by atoms with Gasteiger partial charge in [-0.25, -0.2) is 4.79 Å². The van der Waals surface area contributed by atoms with Crippen molar-refractivity contribution in [2.75, 3.05) is 19.6 Å². The van der Waals surface area contributed by atoms with Gasteiger partial charge in [0.25, 0.3) is 0 Å². The van der Waals surface area contributed by atoms with Crippen LogP contribution in [0.4, 0.5) is 4.79 Å². The number of aliphatic hydroxyl groups is 1. The molecule has 2 heterocycles. The zero-order valence-electron chi connectivity index (χ0n) is 14.2. The van der Waals surface area contributed by atoms with Crippen molar-refractivity contribution < 1.29 is 14.6 Å². The maximum atomic E-state index is 12.2. The molecule has 1 saturated heterocycles. The minimum absolute atomic E-state index is 0.0177. The molecule has 1 aromatic rings. The first-order valence-electron chi connectivity index (χ1n) is 8.30. The van der Waals surface area contributed by atoms with Gasteiger partial charge in [-0.1, -0.05) is 24.3 Å². The Morgan fingerprint density at radius 1 is 1.22 bits per heavy atom. The van der Waals surface area contributed by atoms with Crippen LogP contribution in [-0.4, -0.2) is 58.4 Å². The molecule has 1 N–H and O–H groups in total. The van der Waals surface area contributed by atoms with Gasteiger partial charge in [-0.05, 0) is 38.3 Å². The van der Waals surface area contributed by atoms with E-state index < -0.39 is 11.7 Å². The van der Waals surface area contributed by atoms with Crippen LogP contribution in [0.5, 0.6) is 0 Å². The van der Waals surface area contributed by atoms with Crippen LogP contribution in [0.3, 0.4) is 0 Å². The molecular formula is C18H26N2O3. The number of amides is 1. The van der Waals surface area contributed by atoms with E-state index in [0.29, 0.717) is 13.1 Å². The zero-order valence-corrected chi connectivity index (χ0v) is 14.2. The Kier molecular flexibility index (Phi) is 4.34. The van der Waals surface area contributed by atoms with E-state index in [-0.39, 0.29) is 12.1 Å². The first-order chi connectivity index (χ1) is 10.8. The highest BCUT2D eigenvalue weighted by atomic mass is 16.6. The van der Waals surface area contributed by atoms with Crippen molar-refractivity contribution in [3.63, 3.8) is 0 Å². The Hall–Kier alpha value is -1.59. The standard InChI is InChI=1S/C18H26N2O3/c1-18(2,3)23-17(22)20-11-15(16(21)12-20)19-9-8-13-6-4-5-7-14(13)10-19/h4-7,15-16,21H,8-12H2,1-3H3. The number of hydrogen-bond acceptors (Lipinski definition) is 4. The number of nitrogens with zero attached hydrogens (tertiary/aromatic N) is 2. The highest BCUT2D eigenvalue weighted by molar-refractivity contribution is 5.68. The highest BCUT2D eigenvalue weighted by Gasteiger charge is 2.39. The number of aliphatic hydroxyl groups excluding tert-OH is 1. The van der Waals surface area contributed by atoms with Gasteiger partial charge in [0, 0.05) is 19.6 Å². The lowest BCUT2D eigenvalue weighted by Crippen LogP contribution is -2.46. The SMILES string of the molecule is CC(C)(C)OC(=O)N1CC(O)C(N2CCc3ccccc3C2)C1. The van der Waals surface area contributed by atoms with E-state index in [4.69, 9.17) is 4.74 Å². The summed E-state index contributed by atoms with van der Waals surface area (Å²) < 4.78 is 5.42. The topological polar surface area (TPSA) is 53.0 Å². The number of likely N-dealkylation sites (tertiary alicyclic amines) is 1. The van der Waals surface area contributed by atoms with Gasteiger partial charge in [-0.2, -0.15) is 0 Å². The van der Waals surface area contributed by atoms with Crippen molar-refractivity contribution >= 4 is 6.09 Å². The predicted molar refractivity (Wildman–Crippen MR) is 88.2 cm³/mol. The van der Waals surface area contributed by atoms with E-state index in [1.165, 1.54) is 11.1 Å². The fourth-order valence-electron chi connectivity index (χ4n) is 3.40. The van der Waals surface area contributed by atoms with Crippen molar-refractivity contribution in [1.82, 2.24) is 9.80 Å². The minimum atomic E-state index is -0.521. The summed E-state index contributed by atoms with van der Waals surface area (Å²) in [6, 6.07) is 8.43. The number of hydrogen-bond donors (Lipinski definition) is 1. The molecule has 1 aromatic carbocycles. The van der Waals surface area contributed by atoms with Crippen LogP contribution in [0.15, 0.2) is 24.3 Å². The van der Waals surface area contributed by atoms with Gasteiger partial charge in [0.05, 0.1) is 18.7 Å². The quantitative estimate of drug-likeness (QED) is 0.861. The van der Waals surface area contributed by atoms with E-state index in [1.807, 2.05) is 20.8 Å². The molecule has 1 amide bonds. The molecular weight excluding hydrogens is 292 g/mol. The largest absolute Gasteiger partial charge is 0.444 e. The summed E-state index contributed by atoms with van der Waals surface area (Å²) in [6.07, 6.45) is 0.135. The van der Waals surface area contributed by atoms with Gasteiger partial charge < -0.3 is 14.7 Å². The van der Waals surface area contributed by atoms with Gasteiger partial charge in [0.2, 0.25) is 0 Å². The molecule has 23 heavy (non-hydrogen) atoms. The molecule has 126 valence electrons. The molecule has 1 fully saturated rings. The highest BCUT2D eigenvalue weighted by Crippen LogP contribution is 2.25. The third-order valence-electron chi connectivity index (χ3n) is 4.54. The lowest BCUT2D eigenvalue weighted by atomic mass is 9.98. The molecule has 2 aliphatic heterocycles. The van der Waals surface area contributed by atoms with Gasteiger partial charge >= 0.3 is 6.09 Å². The molecule has 2 aliphatic rings. The molecule has 2 atom stereocenters. The molecule has 5 heteroatoms. The summed E-state index contributed by atoms with van der Waals surface area (Å²) in [4.78, 5) is 16.1. The summed E-state index contributed by atoms with van der Waals surface area (Å²) >= 11 is 0. The zero-order chi connectivity index (χ0) is 16.6. The van der Waals surface area contributed by atoms with Crippen LogP contribution >= 0.6 is 0 Å².